The van der Waals surface area contributed by atoms with Gasteiger partial charge in [0, 0.05) is 19.2 Å². The molecule has 4 nitrogen and oxygen atoms in total. The van der Waals surface area contributed by atoms with Crippen molar-refractivity contribution < 1.29 is 9.90 Å². The number of benzene rings is 1. The minimum absolute atomic E-state index is 0.0109. The van der Waals surface area contributed by atoms with Crippen molar-refractivity contribution in [3.8, 4) is 5.75 Å². The molecule has 1 rings (SSSR count). The second-order valence-corrected chi connectivity index (χ2v) is 4.66. The van der Waals surface area contributed by atoms with Crippen molar-refractivity contribution in [2.75, 3.05) is 14.1 Å². The van der Waals surface area contributed by atoms with E-state index in [-0.39, 0.29) is 11.7 Å². The van der Waals surface area contributed by atoms with Gasteiger partial charge in [-0.05, 0) is 27.0 Å². The van der Waals surface area contributed by atoms with E-state index in [1.165, 1.54) is 0 Å². The molecule has 0 aliphatic heterocycles. The van der Waals surface area contributed by atoms with E-state index in [0.717, 1.165) is 5.56 Å². The third kappa shape index (κ3) is 3.20. The molecular weight excluding hydrogens is 216 g/mol. The molecule has 1 aromatic carbocycles. The number of nitrogens with one attached hydrogen (secondary N) is 1. The zero-order chi connectivity index (χ0) is 13.1. The number of phenols is 1. The van der Waals surface area contributed by atoms with E-state index >= 15 is 0 Å². The summed E-state index contributed by atoms with van der Waals surface area (Å²) in [6.45, 7) is 4.06. The van der Waals surface area contributed by atoms with Gasteiger partial charge in [0.05, 0.1) is 5.54 Å². The lowest BCUT2D eigenvalue weighted by Crippen LogP contribution is -2.51. The Balaban J connectivity index is 2.77. The largest absolute Gasteiger partial charge is 0.508 e. The number of hydrogen-bond acceptors (Lipinski definition) is 3. The molecule has 2 N–H and O–H groups in total. The number of aromatic hydroxyl groups is 1. The van der Waals surface area contributed by atoms with Crippen LogP contribution in [0.3, 0.4) is 0 Å². The standard InChI is InChI=1S/C13H20N2O2/c1-13(2,14-3)12(17)15(4)9-10-7-5-6-8-11(10)16/h5-8,14,16H,9H2,1-4H3. The summed E-state index contributed by atoms with van der Waals surface area (Å²) in [6, 6.07) is 7.04. The number of rotatable bonds is 4. The molecule has 0 aliphatic carbocycles. The Morgan fingerprint density at radius 3 is 2.53 bits per heavy atom. The van der Waals surface area contributed by atoms with Gasteiger partial charge in [-0.25, -0.2) is 0 Å². The zero-order valence-electron chi connectivity index (χ0n) is 10.8. The predicted molar refractivity (Wildman–Crippen MR) is 67.7 cm³/mol. The summed E-state index contributed by atoms with van der Waals surface area (Å²) in [5, 5.41) is 12.6. The van der Waals surface area contributed by atoms with E-state index in [0.29, 0.717) is 6.54 Å². The Kier molecular flexibility index (Phi) is 4.12. The minimum atomic E-state index is -0.598. The van der Waals surface area contributed by atoms with Crippen LogP contribution >= 0.6 is 0 Å². The first kappa shape index (κ1) is 13.5. The first-order chi connectivity index (χ1) is 7.88. The molecular formula is C13H20N2O2. The van der Waals surface area contributed by atoms with Crippen LogP contribution in [0.5, 0.6) is 5.75 Å². The van der Waals surface area contributed by atoms with Gasteiger partial charge >= 0.3 is 0 Å². The highest BCUT2D eigenvalue weighted by Gasteiger charge is 2.28. The van der Waals surface area contributed by atoms with Crippen molar-refractivity contribution in [3.05, 3.63) is 29.8 Å². The van der Waals surface area contributed by atoms with Crippen LogP contribution < -0.4 is 5.32 Å². The maximum atomic E-state index is 12.1. The lowest BCUT2D eigenvalue weighted by Gasteiger charge is -2.29. The second kappa shape index (κ2) is 5.19. The topological polar surface area (TPSA) is 52.6 Å². The van der Waals surface area contributed by atoms with Crippen LogP contribution in [0.1, 0.15) is 19.4 Å². The minimum Gasteiger partial charge on any atom is -0.508 e. The van der Waals surface area contributed by atoms with Crippen LogP contribution in [0.2, 0.25) is 0 Å². The number of carbonyl (C=O) groups excluding carboxylic acids is 1. The molecule has 0 heterocycles. The van der Waals surface area contributed by atoms with Gasteiger partial charge in [-0.2, -0.15) is 0 Å². The van der Waals surface area contributed by atoms with Gasteiger partial charge in [-0.3, -0.25) is 4.79 Å². The van der Waals surface area contributed by atoms with Crippen LogP contribution in [-0.2, 0) is 11.3 Å². The van der Waals surface area contributed by atoms with E-state index in [1.54, 1.807) is 31.1 Å². The Labute approximate surface area is 102 Å². The van der Waals surface area contributed by atoms with E-state index in [4.69, 9.17) is 0 Å². The Hall–Kier alpha value is -1.55. The second-order valence-electron chi connectivity index (χ2n) is 4.66. The molecule has 0 atom stereocenters. The molecule has 0 saturated heterocycles. The fraction of sp³-hybridized carbons (Fsp3) is 0.462. The number of carbonyl (C=O) groups is 1. The lowest BCUT2D eigenvalue weighted by molar-refractivity contribution is -0.136. The normalized spacial score (nSPS) is 11.3. The summed E-state index contributed by atoms with van der Waals surface area (Å²) in [5.41, 5.74) is 0.148. The number of hydrogen-bond donors (Lipinski definition) is 2. The summed E-state index contributed by atoms with van der Waals surface area (Å²) >= 11 is 0. The van der Waals surface area contributed by atoms with Gasteiger partial charge < -0.3 is 15.3 Å². The number of phenolic OH excluding ortho intramolecular Hbond substituents is 1. The molecule has 0 unspecified atom stereocenters. The molecule has 1 aromatic rings. The summed E-state index contributed by atoms with van der Waals surface area (Å²) in [4.78, 5) is 13.7. The molecule has 94 valence electrons. The highest BCUT2D eigenvalue weighted by molar-refractivity contribution is 5.85. The fourth-order valence-corrected chi connectivity index (χ4v) is 1.56. The summed E-state index contributed by atoms with van der Waals surface area (Å²) in [6.07, 6.45) is 0. The molecule has 0 spiro atoms. The van der Waals surface area contributed by atoms with Crippen LogP contribution in [0, 0.1) is 0 Å². The molecule has 17 heavy (non-hydrogen) atoms. The highest BCUT2D eigenvalue weighted by atomic mass is 16.3. The smallest absolute Gasteiger partial charge is 0.242 e. The SMILES string of the molecule is CNC(C)(C)C(=O)N(C)Cc1ccccc1O. The van der Waals surface area contributed by atoms with Crippen LogP contribution in [-0.4, -0.2) is 35.5 Å². The Bertz CT molecular complexity index is 402. The van der Waals surface area contributed by atoms with Crippen LogP contribution in [0.25, 0.3) is 0 Å². The van der Waals surface area contributed by atoms with Crippen molar-refractivity contribution in [2.45, 2.75) is 25.9 Å². The van der Waals surface area contributed by atoms with Gasteiger partial charge in [0.1, 0.15) is 5.75 Å². The Morgan fingerprint density at radius 2 is 2.00 bits per heavy atom. The maximum absolute atomic E-state index is 12.1. The van der Waals surface area contributed by atoms with E-state index in [2.05, 4.69) is 5.32 Å². The quantitative estimate of drug-likeness (QED) is 0.829. The number of likely N-dealkylation sites (N-methyl/N-ethyl adjacent to an activating group) is 2. The lowest BCUT2D eigenvalue weighted by atomic mass is 10.0. The molecule has 0 aromatic heterocycles. The molecule has 1 amide bonds. The predicted octanol–water partition coefficient (Wildman–Crippen LogP) is 1.35. The van der Waals surface area contributed by atoms with Crippen LogP contribution in [0.4, 0.5) is 0 Å². The number of nitrogens with zero attached hydrogens (tertiary/aromatic N) is 1. The van der Waals surface area contributed by atoms with Gasteiger partial charge in [0.2, 0.25) is 5.91 Å². The van der Waals surface area contributed by atoms with Crippen molar-refractivity contribution in [3.63, 3.8) is 0 Å². The average Bonchev–Trinajstić information content (AvgIpc) is 2.31. The third-order valence-corrected chi connectivity index (χ3v) is 2.91. The van der Waals surface area contributed by atoms with Crippen molar-refractivity contribution in [1.29, 1.82) is 0 Å². The van der Waals surface area contributed by atoms with Crippen molar-refractivity contribution in [2.24, 2.45) is 0 Å². The van der Waals surface area contributed by atoms with Gasteiger partial charge in [0.25, 0.3) is 0 Å². The first-order valence-electron chi connectivity index (χ1n) is 5.60. The summed E-state index contributed by atoms with van der Waals surface area (Å²) in [5.74, 6) is 0.206. The molecule has 0 bridgehead atoms. The molecule has 0 radical (unpaired) electrons. The average molecular weight is 236 g/mol. The van der Waals surface area contributed by atoms with E-state index in [1.807, 2.05) is 26.0 Å². The Morgan fingerprint density at radius 1 is 1.41 bits per heavy atom. The van der Waals surface area contributed by atoms with E-state index < -0.39 is 5.54 Å². The monoisotopic (exact) mass is 236 g/mol. The summed E-state index contributed by atoms with van der Waals surface area (Å²) in [7, 11) is 3.49. The third-order valence-electron chi connectivity index (χ3n) is 2.91. The highest BCUT2D eigenvalue weighted by Crippen LogP contribution is 2.18. The molecule has 4 heteroatoms. The van der Waals surface area contributed by atoms with Gasteiger partial charge in [-0.1, -0.05) is 18.2 Å². The van der Waals surface area contributed by atoms with Crippen LogP contribution in [0.15, 0.2) is 24.3 Å². The van der Waals surface area contributed by atoms with Gasteiger partial charge in [0.15, 0.2) is 0 Å². The molecule has 0 saturated carbocycles. The molecule has 0 aliphatic rings. The van der Waals surface area contributed by atoms with E-state index in [9.17, 15) is 9.90 Å². The number of para-hydroxylation sites is 1. The van der Waals surface area contributed by atoms with Crippen molar-refractivity contribution in [1.82, 2.24) is 10.2 Å². The zero-order valence-corrected chi connectivity index (χ0v) is 10.8. The van der Waals surface area contributed by atoms with Gasteiger partial charge in [-0.15, -0.1) is 0 Å². The molecule has 0 fully saturated rings. The maximum Gasteiger partial charge on any atom is 0.242 e. The first-order valence-corrected chi connectivity index (χ1v) is 5.60. The number of amides is 1. The fourth-order valence-electron chi connectivity index (χ4n) is 1.56. The van der Waals surface area contributed by atoms with Crippen molar-refractivity contribution >= 4 is 5.91 Å². The summed E-state index contributed by atoms with van der Waals surface area (Å²) < 4.78 is 0.